The van der Waals surface area contributed by atoms with E-state index in [1.165, 1.54) is 12.8 Å². The summed E-state index contributed by atoms with van der Waals surface area (Å²) in [5.41, 5.74) is 2.66. The van der Waals surface area contributed by atoms with Crippen LogP contribution in [0, 0.1) is 0 Å². The molecule has 0 aromatic carbocycles. The molecule has 4 nitrogen and oxygen atoms in total. The fourth-order valence-corrected chi connectivity index (χ4v) is 2.39. The van der Waals surface area contributed by atoms with Crippen LogP contribution in [-0.2, 0) is 0 Å². The largest absolute Gasteiger partial charge is 0.316 e. The number of imidazole rings is 1. The minimum Gasteiger partial charge on any atom is -0.316 e. The van der Waals surface area contributed by atoms with Crippen LogP contribution in [0.4, 0.5) is 0 Å². The molecule has 2 aromatic rings. The lowest BCUT2D eigenvalue weighted by atomic mass is 9.97. The van der Waals surface area contributed by atoms with Gasteiger partial charge in [-0.05, 0) is 31.5 Å². The van der Waals surface area contributed by atoms with Gasteiger partial charge in [0.05, 0.1) is 5.69 Å². The van der Waals surface area contributed by atoms with Crippen molar-refractivity contribution in [1.29, 1.82) is 0 Å². The minimum absolute atomic E-state index is 0.503. The molecule has 1 unspecified atom stereocenters. The van der Waals surface area contributed by atoms with E-state index in [4.69, 9.17) is 0 Å². The van der Waals surface area contributed by atoms with E-state index in [0.717, 1.165) is 30.7 Å². The summed E-state index contributed by atoms with van der Waals surface area (Å²) in [7, 11) is 0. The van der Waals surface area contributed by atoms with Crippen LogP contribution in [0.15, 0.2) is 24.5 Å². The molecule has 88 valence electrons. The Kier molecular flexibility index (Phi) is 2.65. The van der Waals surface area contributed by atoms with Crippen molar-refractivity contribution in [2.45, 2.75) is 18.8 Å². The van der Waals surface area contributed by atoms with Gasteiger partial charge in [0.2, 0.25) is 0 Å². The number of hydrogen-bond acceptors (Lipinski definition) is 3. The highest BCUT2D eigenvalue weighted by atomic mass is 16.1. The first-order valence-electron chi connectivity index (χ1n) is 6.01. The Bertz CT molecular complexity index is 541. The molecule has 0 bridgehead atoms. The molecule has 1 fully saturated rings. The van der Waals surface area contributed by atoms with Crippen LogP contribution in [0.2, 0.25) is 0 Å². The maximum absolute atomic E-state index is 10.7. The molecule has 0 spiro atoms. The van der Waals surface area contributed by atoms with Crippen LogP contribution in [0.25, 0.3) is 5.65 Å². The van der Waals surface area contributed by atoms with Crippen LogP contribution >= 0.6 is 0 Å². The summed E-state index contributed by atoms with van der Waals surface area (Å²) in [5.74, 6) is 0.503. The highest BCUT2D eigenvalue weighted by Gasteiger charge is 2.17. The molecule has 17 heavy (non-hydrogen) atoms. The van der Waals surface area contributed by atoms with Crippen LogP contribution < -0.4 is 5.32 Å². The number of carbonyl (C=O) groups is 1. The molecule has 0 amide bonds. The highest BCUT2D eigenvalue weighted by molar-refractivity contribution is 5.76. The summed E-state index contributed by atoms with van der Waals surface area (Å²) in [6.45, 7) is 2.11. The molecular weight excluding hydrogens is 214 g/mol. The summed E-state index contributed by atoms with van der Waals surface area (Å²) in [4.78, 5) is 15.3. The van der Waals surface area contributed by atoms with Crippen molar-refractivity contribution < 1.29 is 4.79 Å². The monoisotopic (exact) mass is 229 g/mol. The zero-order valence-electron chi connectivity index (χ0n) is 9.60. The molecule has 0 radical (unpaired) electrons. The predicted octanol–water partition coefficient (Wildman–Crippen LogP) is 1.61. The Hall–Kier alpha value is -1.68. The number of rotatable bonds is 2. The number of aldehydes is 1. The van der Waals surface area contributed by atoms with Gasteiger partial charge in [-0.2, -0.15) is 0 Å². The first kappa shape index (κ1) is 10.5. The van der Waals surface area contributed by atoms with E-state index in [9.17, 15) is 4.79 Å². The van der Waals surface area contributed by atoms with Crippen molar-refractivity contribution >= 4 is 11.9 Å². The molecule has 3 heterocycles. The van der Waals surface area contributed by atoms with Crippen molar-refractivity contribution in [2.75, 3.05) is 13.1 Å². The van der Waals surface area contributed by atoms with Gasteiger partial charge in [0.25, 0.3) is 0 Å². The van der Waals surface area contributed by atoms with Crippen LogP contribution in [0.3, 0.4) is 0 Å². The second kappa shape index (κ2) is 4.30. The van der Waals surface area contributed by atoms with E-state index in [0.29, 0.717) is 11.5 Å². The second-order valence-electron chi connectivity index (χ2n) is 4.55. The van der Waals surface area contributed by atoms with Gasteiger partial charge in [0, 0.05) is 30.4 Å². The predicted molar refractivity (Wildman–Crippen MR) is 65.4 cm³/mol. The molecule has 1 atom stereocenters. The standard InChI is InChI=1S/C13H15N3O/c17-9-10-3-5-16-8-12(15-13(16)6-10)11-2-1-4-14-7-11/h3,5-6,8-9,11,14H,1-2,4,7H2. The van der Waals surface area contributed by atoms with Crippen molar-refractivity contribution in [3.63, 3.8) is 0 Å². The lowest BCUT2D eigenvalue weighted by molar-refractivity contribution is 0.112. The Labute approximate surface area is 99.7 Å². The Morgan fingerprint density at radius 3 is 3.24 bits per heavy atom. The molecule has 0 saturated carbocycles. The topological polar surface area (TPSA) is 46.4 Å². The quantitative estimate of drug-likeness (QED) is 0.796. The van der Waals surface area contributed by atoms with Crippen LogP contribution in [0.1, 0.15) is 34.8 Å². The number of nitrogens with zero attached hydrogens (tertiary/aromatic N) is 2. The van der Waals surface area contributed by atoms with Gasteiger partial charge in [-0.15, -0.1) is 0 Å². The fraction of sp³-hybridized carbons (Fsp3) is 0.385. The van der Waals surface area contributed by atoms with Crippen molar-refractivity contribution in [1.82, 2.24) is 14.7 Å². The smallest absolute Gasteiger partial charge is 0.150 e. The molecule has 0 aliphatic carbocycles. The number of aromatic nitrogens is 2. The van der Waals surface area contributed by atoms with Crippen LogP contribution in [0.5, 0.6) is 0 Å². The Morgan fingerprint density at radius 1 is 1.53 bits per heavy atom. The molecule has 3 rings (SSSR count). The third-order valence-corrected chi connectivity index (χ3v) is 3.35. The van der Waals surface area contributed by atoms with E-state index in [2.05, 4.69) is 16.5 Å². The third kappa shape index (κ3) is 1.96. The summed E-state index contributed by atoms with van der Waals surface area (Å²) in [5, 5.41) is 3.39. The van der Waals surface area contributed by atoms with Crippen molar-refractivity contribution in [3.8, 4) is 0 Å². The average Bonchev–Trinajstić information content (AvgIpc) is 2.82. The molecule has 1 saturated heterocycles. The van der Waals surface area contributed by atoms with E-state index < -0.39 is 0 Å². The number of nitrogens with one attached hydrogen (secondary N) is 1. The first-order chi connectivity index (χ1) is 8.36. The number of piperidine rings is 1. The summed E-state index contributed by atoms with van der Waals surface area (Å²) in [6.07, 6.45) is 7.22. The van der Waals surface area contributed by atoms with Gasteiger partial charge >= 0.3 is 0 Å². The van der Waals surface area contributed by atoms with E-state index in [-0.39, 0.29) is 0 Å². The van der Waals surface area contributed by atoms with Gasteiger partial charge in [-0.25, -0.2) is 4.98 Å². The Balaban J connectivity index is 1.97. The van der Waals surface area contributed by atoms with Gasteiger partial charge in [0.15, 0.2) is 0 Å². The second-order valence-corrected chi connectivity index (χ2v) is 4.55. The zero-order valence-corrected chi connectivity index (χ0v) is 9.60. The van der Waals surface area contributed by atoms with E-state index in [1.54, 1.807) is 0 Å². The lowest BCUT2D eigenvalue weighted by Crippen LogP contribution is -2.28. The number of fused-ring (bicyclic) bond motifs is 1. The number of hydrogen-bond donors (Lipinski definition) is 1. The first-order valence-corrected chi connectivity index (χ1v) is 6.01. The number of carbonyl (C=O) groups excluding carboxylic acids is 1. The Morgan fingerprint density at radius 2 is 2.47 bits per heavy atom. The molecule has 4 heteroatoms. The SMILES string of the molecule is O=Cc1ccn2cc(C3CCCNC3)nc2c1. The average molecular weight is 229 g/mol. The van der Waals surface area contributed by atoms with Crippen molar-refractivity contribution in [2.24, 2.45) is 0 Å². The summed E-state index contributed by atoms with van der Waals surface area (Å²) < 4.78 is 1.98. The highest BCUT2D eigenvalue weighted by Crippen LogP contribution is 2.22. The van der Waals surface area contributed by atoms with Gasteiger partial charge in [-0.1, -0.05) is 0 Å². The molecule has 1 N–H and O–H groups in total. The minimum atomic E-state index is 0.503. The van der Waals surface area contributed by atoms with E-state index in [1.807, 2.05) is 22.7 Å². The molecule has 1 aliphatic heterocycles. The summed E-state index contributed by atoms with van der Waals surface area (Å²) in [6, 6.07) is 3.64. The normalized spacial score (nSPS) is 20.6. The van der Waals surface area contributed by atoms with Crippen molar-refractivity contribution in [3.05, 3.63) is 35.8 Å². The molecular formula is C13H15N3O. The third-order valence-electron chi connectivity index (χ3n) is 3.35. The number of pyridine rings is 1. The maximum Gasteiger partial charge on any atom is 0.150 e. The zero-order chi connectivity index (χ0) is 11.7. The lowest BCUT2D eigenvalue weighted by Gasteiger charge is -2.20. The van der Waals surface area contributed by atoms with E-state index >= 15 is 0 Å². The van der Waals surface area contributed by atoms with Gasteiger partial charge < -0.3 is 9.72 Å². The maximum atomic E-state index is 10.7. The molecule has 2 aromatic heterocycles. The fourth-order valence-electron chi connectivity index (χ4n) is 2.39. The van der Waals surface area contributed by atoms with Crippen LogP contribution in [-0.4, -0.2) is 28.8 Å². The molecule has 1 aliphatic rings. The van der Waals surface area contributed by atoms with Gasteiger partial charge in [-0.3, -0.25) is 4.79 Å². The summed E-state index contributed by atoms with van der Waals surface area (Å²) >= 11 is 0. The van der Waals surface area contributed by atoms with Gasteiger partial charge in [0.1, 0.15) is 11.9 Å².